The fraction of sp³-hybridized carbons (Fsp3) is 0.692. The lowest BCUT2D eigenvalue weighted by atomic mass is 10.2. The summed E-state index contributed by atoms with van der Waals surface area (Å²) in [6, 6.07) is 1.99. The Balaban J connectivity index is 2.37. The van der Waals surface area contributed by atoms with Crippen LogP contribution in [0.4, 0.5) is 0 Å². The van der Waals surface area contributed by atoms with Gasteiger partial charge in [0.05, 0.1) is 11.4 Å². The number of nitrogens with one attached hydrogen (secondary N) is 1. The molecule has 0 bridgehead atoms. The highest BCUT2D eigenvalue weighted by atomic mass is 32.2. The zero-order valence-corrected chi connectivity index (χ0v) is 11.9. The number of hydrogen-bond donors (Lipinski definition) is 1. The third-order valence-electron chi connectivity index (χ3n) is 2.20. The molecule has 1 aromatic rings. The van der Waals surface area contributed by atoms with E-state index in [9.17, 15) is 0 Å². The van der Waals surface area contributed by atoms with Crippen LogP contribution in [0.5, 0.6) is 0 Å². The molecule has 0 aliphatic rings. The van der Waals surface area contributed by atoms with Gasteiger partial charge in [0.15, 0.2) is 0 Å². The highest BCUT2D eigenvalue weighted by molar-refractivity contribution is 7.98. The van der Waals surface area contributed by atoms with Gasteiger partial charge in [-0.2, -0.15) is 11.8 Å². The SMILES string of the molecule is CCCSCc1nccc(CNCC(C)C)n1. The average molecular weight is 253 g/mol. The second-order valence-electron chi connectivity index (χ2n) is 4.54. The number of hydrogen-bond acceptors (Lipinski definition) is 4. The van der Waals surface area contributed by atoms with Gasteiger partial charge >= 0.3 is 0 Å². The van der Waals surface area contributed by atoms with Crippen LogP contribution in [0.1, 0.15) is 38.7 Å². The lowest BCUT2D eigenvalue weighted by molar-refractivity contribution is 0.547. The first-order valence-electron chi connectivity index (χ1n) is 6.31. The van der Waals surface area contributed by atoms with E-state index in [-0.39, 0.29) is 0 Å². The van der Waals surface area contributed by atoms with Crippen LogP contribution in [0, 0.1) is 5.92 Å². The van der Waals surface area contributed by atoms with Crippen LogP contribution in [0.2, 0.25) is 0 Å². The van der Waals surface area contributed by atoms with E-state index >= 15 is 0 Å². The van der Waals surface area contributed by atoms with E-state index in [1.807, 2.05) is 24.0 Å². The first-order valence-corrected chi connectivity index (χ1v) is 7.47. The molecule has 1 N–H and O–H groups in total. The molecule has 0 saturated carbocycles. The summed E-state index contributed by atoms with van der Waals surface area (Å²) in [5.74, 6) is 3.73. The molecule has 1 heterocycles. The molecule has 0 atom stereocenters. The molecule has 0 aliphatic carbocycles. The van der Waals surface area contributed by atoms with E-state index in [1.165, 1.54) is 12.2 Å². The quantitative estimate of drug-likeness (QED) is 0.723. The lowest BCUT2D eigenvalue weighted by Gasteiger charge is -2.07. The molecule has 0 aromatic carbocycles. The van der Waals surface area contributed by atoms with Crippen molar-refractivity contribution in [1.29, 1.82) is 0 Å². The van der Waals surface area contributed by atoms with Crippen molar-refractivity contribution < 1.29 is 0 Å². The minimum Gasteiger partial charge on any atom is -0.311 e. The molecule has 17 heavy (non-hydrogen) atoms. The number of aromatic nitrogens is 2. The third-order valence-corrected chi connectivity index (χ3v) is 3.36. The zero-order chi connectivity index (χ0) is 12.5. The average Bonchev–Trinajstić information content (AvgIpc) is 2.29. The van der Waals surface area contributed by atoms with Gasteiger partial charge in [-0.3, -0.25) is 0 Å². The topological polar surface area (TPSA) is 37.8 Å². The monoisotopic (exact) mass is 253 g/mol. The van der Waals surface area contributed by atoms with E-state index in [4.69, 9.17) is 0 Å². The van der Waals surface area contributed by atoms with Gasteiger partial charge in [-0.15, -0.1) is 0 Å². The van der Waals surface area contributed by atoms with E-state index in [2.05, 4.69) is 36.1 Å². The molecule has 1 rings (SSSR count). The summed E-state index contributed by atoms with van der Waals surface area (Å²) in [5.41, 5.74) is 1.09. The summed E-state index contributed by atoms with van der Waals surface area (Å²) in [6.45, 7) is 8.48. The summed E-state index contributed by atoms with van der Waals surface area (Å²) in [5, 5.41) is 3.40. The smallest absolute Gasteiger partial charge is 0.138 e. The first kappa shape index (κ1) is 14.5. The van der Waals surface area contributed by atoms with Crippen molar-refractivity contribution >= 4 is 11.8 Å². The minimum absolute atomic E-state index is 0.677. The maximum absolute atomic E-state index is 4.55. The Morgan fingerprint density at radius 2 is 2.24 bits per heavy atom. The van der Waals surface area contributed by atoms with E-state index in [0.717, 1.165) is 30.4 Å². The van der Waals surface area contributed by atoms with Crippen LogP contribution in [-0.2, 0) is 12.3 Å². The van der Waals surface area contributed by atoms with Crippen LogP contribution in [0.3, 0.4) is 0 Å². The van der Waals surface area contributed by atoms with Crippen molar-refractivity contribution in [2.75, 3.05) is 12.3 Å². The lowest BCUT2D eigenvalue weighted by Crippen LogP contribution is -2.19. The molecule has 0 fully saturated rings. The Kier molecular flexibility index (Phi) is 7.21. The Hall–Kier alpha value is -0.610. The molecule has 96 valence electrons. The van der Waals surface area contributed by atoms with E-state index in [1.54, 1.807) is 0 Å². The third kappa shape index (κ3) is 6.64. The Morgan fingerprint density at radius 1 is 1.41 bits per heavy atom. The number of rotatable bonds is 8. The van der Waals surface area contributed by atoms with Crippen molar-refractivity contribution in [3.63, 3.8) is 0 Å². The van der Waals surface area contributed by atoms with Crippen LogP contribution in [0.15, 0.2) is 12.3 Å². The fourth-order valence-corrected chi connectivity index (χ4v) is 2.16. The van der Waals surface area contributed by atoms with Crippen LogP contribution in [0.25, 0.3) is 0 Å². The van der Waals surface area contributed by atoms with E-state index in [0.29, 0.717) is 5.92 Å². The van der Waals surface area contributed by atoms with Gasteiger partial charge in [0.1, 0.15) is 5.82 Å². The van der Waals surface area contributed by atoms with Crippen LogP contribution >= 0.6 is 11.8 Å². The van der Waals surface area contributed by atoms with Gasteiger partial charge < -0.3 is 5.32 Å². The summed E-state index contributed by atoms with van der Waals surface area (Å²) in [7, 11) is 0. The Labute approximate surface area is 109 Å². The predicted octanol–water partition coefficient (Wildman–Crippen LogP) is 2.87. The molecule has 0 saturated heterocycles. The second kappa shape index (κ2) is 8.48. The summed E-state index contributed by atoms with van der Waals surface area (Å²) in [6.07, 6.45) is 3.07. The molecule has 0 unspecified atom stereocenters. The zero-order valence-electron chi connectivity index (χ0n) is 11.1. The molecular formula is C13H23N3S. The van der Waals surface area contributed by atoms with Gasteiger partial charge in [-0.1, -0.05) is 20.8 Å². The standard InChI is InChI=1S/C13H23N3S/c1-4-7-17-10-13-15-6-5-12(16-13)9-14-8-11(2)3/h5-6,11,14H,4,7-10H2,1-3H3. The molecular weight excluding hydrogens is 230 g/mol. The normalized spacial score (nSPS) is 11.1. The van der Waals surface area contributed by atoms with Gasteiger partial charge in [0.25, 0.3) is 0 Å². The van der Waals surface area contributed by atoms with Crippen molar-refractivity contribution in [1.82, 2.24) is 15.3 Å². The van der Waals surface area contributed by atoms with Crippen LogP contribution in [-0.4, -0.2) is 22.3 Å². The molecule has 4 heteroatoms. The molecule has 0 spiro atoms. The fourth-order valence-electron chi connectivity index (χ4n) is 1.41. The summed E-state index contributed by atoms with van der Waals surface area (Å²) in [4.78, 5) is 8.84. The van der Waals surface area contributed by atoms with Crippen molar-refractivity contribution in [2.24, 2.45) is 5.92 Å². The number of nitrogens with zero attached hydrogens (tertiary/aromatic N) is 2. The highest BCUT2D eigenvalue weighted by Crippen LogP contribution is 2.09. The highest BCUT2D eigenvalue weighted by Gasteiger charge is 2.00. The second-order valence-corrected chi connectivity index (χ2v) is 5.65. The van der Waals surface area contributed by atoms with Crippen molar-refractivity contribution in [2.45, 2.75) is 39.5 Å². The summed E-state index contributed by atoms with van der Waals surface area (Å²) >= 11 is 1.90. The Morgan fingerprint density at radius 3 is 2.94 bits per heavy atom. The largest absolute Gasteiger partial charge is 0.311 e. The molecule has 1 aromatic heterocycles. The molecule has 0 aliphatic heterocycles. The predicted molar refractivity (Wildman–Crippen MR) is 75.0 cm³/mol. The van der Waals surface area contributed by atoms with Gasteiger partial charge in [-0.25, -0.2) is 9.97 Å². The van der Waals surface area contributed by atoms with Crippen LogP contribution < -0.4 is 5.32 Å². The van der Waals surface area contributed by atoms with Crippen molar-refractivity contribution in [3.05, 3.63) is 23.8 Å². The number of thioether (sulfide) groups is 1. The first-order chi connectivity index (χ1) is 8.22. The molecule has 3 nitrogen and oxygen atoms in total. The minimum atomic E-state index is 0.677. The summed E-state index contributed by atoms with van der Waals surface area (Å²) < 4.78 is 0. The molecule has 0 amide bonds. The van der Waals surface area contributed by atoms with E-state index < -0.39 is 0 Å². The maximum Gasteiger partial charge on any atom is 0.138 e. The van der Waals surface area contributed by atoms with Crippen molar-refractivity contribution in [3.8, 4) is 0 Å². The van der Waals surface area contributed by atoms with Gasteiger partial charge in [0, 0.05) is 12.7 Å². The van der Waals surface area contributed by atoms with Gasteiger partial charge in [-0.05, 0) is 30.7 Å². The van der Waals surface area contributed by atoms with Gasteiger partial charge in [0.2, 0.25) is 0 Å². The molecule has 0 radical (unpaired) electrons. The maximum atomic E-state index is 4.55. The Bertz CT molecular complexity index is 315.